The molecule has 1 aromatic carbocycles. The van der Waals surface area contributed by atoms with Crippen molar-refractivity contribution in [1.29, 1.82) is 0 Å². The Hall–Kier alpha value is -0.580. The first-order chi connectivity index (χ1) is 8.70. The van der Waals surface area contributed by atoms with E-state index in [4.69, 9.17) is 0 Å². The second-order valence-electron chi connectivity index (χ2n) is 5.69. The number of fused-ring (bicyclic) bond motifs is 2. The maximum absolute atomic E-state index is 12.0. The first kappa shape index (κ1) is 12.5. The summed E-state index contributed by atoms with van der Waals surface area (Å²) in [7, 11) is 0. The SMILES string of the molecule is O=C(C[C@H]1C[C@@H]2CC[C@@H]1C2)Nc1ccc(I)cc1. The number of hydrogen-bond acceptors (Lipinski definition) is 1. The third kappa shape index (κ3) is 2.71. The van der Waals surface area contributed by atoms with Crippen LogP contribution in [0.25, 0.3) is 0 Å². The van der Waals surface area contributed by atoms with Crippen LogP contribution in [0.4, 0.5) is 5.69 Å². The Morgan fingerprint density at radius 1 is 1.22 bits per heavy atom. The maximum atomic E-state index is 12.0. The molecule has 1 N–H and O–H groups in total. The average molecular weight is 355 g/mol. The van der Waals surface area contributed by atoms with E-state index in [2.05, 4.69) is 27.9 Å². The highest BCUT2D eigenvalue weighted by Crippen LogP contribution is 2.49. The van der Waals surface area contributed by atoms with Gasteiger partial charge in [-0.05, 0) is 83.9 Å². The molecule has 2 nitrogen and oxygen atoms in total. The summed E-state index contributed by atoms with van der Waals surface area (Å²) in [5.41, 5.74) is 0.920. The zero-order chi connectivity index (χ0) is 12.5. The number of benzene rings is 1. The Kier molecular flexibility index (Phi) is 3.59. The minimum atomic E-state index is 0.189. The van der Waals surface area contributed by atoms with Crippen molar-refractivity contribution in [3.05, 3.63) is 27.8 Å². The Bertz CT molecular complexity index is 442. The van der Waals surface area contributed by atoms with Crippen LogP contribution in [0, 0.1) is 21.3 Å². The quantitative estimate of drug-likeness (QED) is 0.815. The first-order valence-corrected chi connectivity index (χ1v) is 7.84. The van der Waals surface area contributed by atoms with Crippen LogP contribution in [-0.2, 0) is 4.79 Å². The van der Waals surface area contributed by atoms with Crippen LogP contribution in [0.1, 0.15) is 32.1 Å². The number of halogens is 1. The number of amides is 1. The number of hydrogen-bond donors (Lipinski definition) is 1. The van der Waals surface area contributed by atoms with Gasteiger partial charge < -0.3 is 5.32 Å². The Labute approximate surface area is 122 Å². The molecule has 1 amide bonds. The van der Waals surface area contributed by atoms with E-state index < -0.39 is 0 Å². The molecule has 2 fully saturated rings. The summed E-state index contributed by atoms with van der Waals surface area (Å²) >= 11 is 2.27. The van der Waals surface area contributed by atoms with E-state index in [1.807, 2.05) is 24.3 Å². The normalized spacial score (nSPS) is 29.5. The van der Waals surface area contributed by atoms with Crippen LogP contribution >= 0.6 is 22.6 Å². The van der Waals surface area contributed by atoms with Crippen molar-refractivity contribution in [3.8, 4) is 0 Å². The van der Waals surface area contributed by atoms with Gasteiger partial charge >= 0.3 is 0 Å². The molecule has 0 spiro atoms. The standard InChI is InChI=1S/C15H18INO/c16-13-3-5-14(6-4-13)17-15(18)9-12-8-10-1-2-11(12)7-10/h3-6,10-12H,1-2,7-9H2,(H,17,18)/t10-,11-,12-/m1/s1. The van der Waals surface area contributed by atoms with Crippen molar-refractivity contribution in [3.63, 3.8) is 0 Å². The van der Waals surface area contributed by atoms with Crippen LogP contribution in [0.5, 0.6) is 0 Å². The summed E-state index contributed by atoms with van der Waals surface area (Å²) < 4.78 is 1.19. The van der Waals surface area contributed by atoms with E-state index in [1.54, 1.807) is 0 Å². The largest absolute Gasteiger partial charge is 0.326 e. The van der Waals surface area contributed by atoms with Gasteiger partial charge in [-0.15, -0.1) is 0 Å². The van der Waals surface area contributed by atoms with Crippen LogP contribution < -0.4 is 5.32 Å². The molecule has 3 atom stereocenters. The molecule has 1 aromatic rings. The highest BCUT2D eigenvalue weighted by Gasteiger charge is 2.40. The van der Waals surface area contributed by atoms with Gasteiger partial charge in [0.1, 0.15) is 0 Å². The fourth-order valence-electron chi connectivity index (χ4n) is 3.61. The van der Waals surface area contributed by atoms with Crippen molar-refractivity contribution in [2.24, 2.45) is 17.8 Å². The van der Waals surface area contributed by atoms with Gasteiger partial charge in [0, 0.05) is 15.7 Å². The van der Waals surface area contributed by atoms with E-state index in [0.29, 0.717) is 12.3 Å². The number of carbonyl (C=O) groups excluding carboxylic acids is 1. The number of rotatable bonds is 3. The highest BCUT2D eigenvalue weighted by atomic mass is 127. The van der Waals surface area contributed by atoms with E-state index in [1.165, 1.54) is 29.3 Å². The second-order valence-corrected chi connectivity index (χ2v) is 6.94. The summed E-state index contributed by atoms with van der Waals surface area (Å²) in [4.78, 5) is 12.0. The van der Waals surface area contributed by atoms with Crippen molar-refractivity contribution >= 4 is 34.2 Å². The molecule has 2 saturated carbocycles. The maximum Gasteiger partial charge on any atom is 0.224 e. The Morgan fingerprint density at radius 2 is 2.00 bits per heavy atom. The van der Waals surface area contributed by atoms with Gasteiger partial charge in [0.05, 0.1) is 0 Å². The molecular formula is C15H18INO. The summed E-state index contributed by atoms with van der Waals surface area (Å²) in [5.74, 6) is 2.59. The molecule has 2 aliphatic carbocycles. The molecule has 0 unspecified atom stereocenters. The molecule has 0 aliphatic heterocycles. The number of nitrogens with one attached hydrogen (secondary N) is 1. The second kappa shape index (κ2) is 5.19. The minimum absolute atomic E-state index is 0.189. The highest BCUT2D eigenvalue weighted by molar-refractivity contribution is 14.1. The molecular weight excluding hydrogens is 337 g/mol. The monoisotopic (exact) mass is 355 g/mol. The van der Waals surface area contributed by atoms with E-state index in [9.17, 15) is 4.79 Å². The third-order valence-electron chi connectivity index (χ3n) is 4.46. The van der Waals surface area contributed by atoms with Crippen molar-refractivity contribution in [2.75, 3.05) is 5.32 Å². The van der Waals surface area contributed by atoms with E-state index >= 15 is 0 Å². The first-order valence-electron chi connectivity index (χ1n) is 6.76. The van der Waals surface area contributed by atoms with Gasteiger partial charge in [-0.25, -0.2) is 0 Å². The fraction of sp³-hybridized carbons (Fsp3) is 0.533. The van der Waals surface area contributed by atoms with Gasteiger partial charge in [0.25, 0.3) is 0 Å². The molecule has 3 rings (SSSR count). The summed E-state index contributed by atoms with van der Waals surface area (Å²) in [6.07, 6.45) is 6.13. The lowest BCUT2D eigenvalue weighted by Gasteiger charge is -2.20. The molecule has 2 aliphatic rings. The lowest BCUT2D eigenvalue weighted by Crippen LogP contribution is -2.20. The van der Waals surface area contributed by atoms with Crippen molar-refractivity contribution in [2.45, 2.75) is 32.1 Å². The van der Waals surface area contributed by atoms with Crippen LogP contribution in [0.15, 0.2) is 24.3 Å². The molecule has 3 heteroatoms. The topological polar surface area (TPSA) is 29.1 Å². The van der Waals surface area contributed by atoms with Crippen LogP contribution in [-0.4, -0.2) is 5.91 Å². The summed E-state index contributed by atoms with van der Waals surface area (Å²) in [6.45, 7) is 0. The smallest absolute Gasteiger partial charge is 0.224 e. The Morgan fingerprint density at radius 3 is 2.61 bits per heavy atom. The van der Waals surface area contributed by atoms with E-state index in [0.717, 1.165) is 17.5 Å². The molecule has 0 radical (unpaired) electrons. The predicted octanol–water partition coefficient (Wildman–Crippen LogP) is 4.06. The van der Waals surface area contributed by atoms with E-state index in [-0.39, 0.29) is 5.91 Å². The van der Waals surface area contributed by atoms with Gasteiger partial charge in [-0.1, -0.05) is 6.42 Å². The zero-order valence-electron chi connectivity index (χ0n) is 10.4. The predicted molar refractivity (Wildman–Crippen MR) is 81.3 cm³/mol. The fourth-order valence-corrected chi connectivity index (χ4v) is 3.97. The molecule has 0 aromatic heterocycles. The van der Waals surface area contributed by atoms with Gasteiger partial charge in [-0.3, -0.25) is 4.79 Å². The number of anilines is 1. The molecule has 2 bridgehead atoms. The van der Waals surface area contributed by atoms with Gasteiger partial charge in [0.15, 0.2) is 0 Å². The lowest BCUT2D eigenvalue weighted by molar-refractivity contribution is -0.117. The Balaban J connectivity index is 1.54. The van der Waals surface area contributed by atoms with Crippen molar-refractivity contribution in [1.82, 2.24) is 0 Å². The zero-order valence-corrected chi connectivity index (χ0v) is 12.5. The minimum Gasteiger partial charge on any atom is -0.326 e. The molecule has 18 heavy (non-hydrogen) atoms. The average Bonchev–Trinajstić information content (AvgIpc) is 2.94. The summed E-state index contributed by atoms with van der Waals surface area (Å²) in [5, 5.41) is 3.01. The number of carbonyl (C=O) groups is 1. The van der Waals surface area contributed by atoms with Crippen LogP contribution in [0.3, 0.4) is 0 Å². The molecule has 0 heterocycles. The van der Waals surface area contributed by atoms with Gasteiger partial charge in [0.2, 0.25) is 5.91 Å². The van der Waals surface area contributed by atoms with Gasteiger partial charge in [-0.2, -0.15) is 0 Å². The molecule has 96 valence electrons. The lowest BCUT2D eigenvalue weighted by atomic mass is 9.86. The van der Waals surface area contributed by atoms with Crippen LogP contribution in [0.2, 0.25) is 0 Å². The third-order valence-corrected chi connectivity index (χ3v) is 5.18. The molecule has 0 saturated heterocycles. The summed E-state index contributed by atoms with van der Waals surface area (Å²) in [6, 6.07) is 7.99. The van der Waals surface area contributed by atoms with Crippen molar-refractivity contribution < 1.29 is 4.79 Å².